The van der Waals surface area contributed by atoms with E-state index >= 15 is 0 Å². The number of halogens is 2. The molecule has 0 aliphatic rings. The van der Waals surface area contributed by atoms with Crippen molar-refractivity contribution in [3.8, 4) is 5.75 Å². The van der Waals surface area contributed by atoms with E-state index in [9.17, 15) is 4.79 Å². The Hall–Kier alpha value is -1.51. The Labute approximate surface area is 121 Å². The zero-order valence-corrected chi connectivity index (χ0v) is 11.8. The lowest BCUT2D eigenvalue weighted by molar-refractivity contribution is 0.103. The third kappa shape index (κ3) is 3.28. The van der Waals surface area contributed by atoms with Crippen molar-refractivity contribution in [2.24, 2.45) is 0 Å². The molecule has 0 unspecified atom stereocenters. The summed E-state index contributed by atoms with van der Waals surface area (Å²) in [6, 6.07) is 11.8. The number of carbonyl (C=O) groups is 1. The van der Waals surface area contributed by atoms with Crippen molar-refractivity contribution in [2.45, 2.75) is 6.92 Å². The highest BCUT2D eigenvalue weighted by atomic mass is 35.5. The predicted octanol–water partition coefficient (Wildman–Crippen LogP) is 4.62. The van der Waals surface area contributed by atoms with Crippen LogP contribution in [0.15, 0.2) is 42.5 Å². The normalized spacial score (nSPS) is 10.3. The van der Waals surface area contributed by atoms with E-state index in [-0.39, 0.29) is 5.78 Å². The van der Waals surface area contributed by atoms with Crippen LogP contribution in [-0.2, 0) is 0 Å². The molecule has 0 spiro atoms. The quantitative estimate of drug-likeness (QED) is 0.769. The summed E-state index contributed by atoms with van der Waals surface area (Å²) in [7, 11) is 0. The molecule has 0 fully saturated rings. The summed E-state index contributed by atoms with van der Waals surface area (Å²) in [5.74, 6) is 0.576. The molecule has 0 radical (unpaired) electrons. The van der Waals surface area contributed by atoms with Crippen LogP contribution in [0.2, 0.25) is 10.0 Å². The average molecular weight is 295 g/mol. The fourth-order valence-corrected chi connectivity index (χ4v) is 2.07. The van der Waals surface area contributed by atoms with Crippen LogP contribution < -0.4 is 4.74 Å². The Bertz CT molecular complexity index is 592. The minimum Gasteiger partial charge on any atom is -0.494 e. The second-order valence-electron chi connectivity index (χ2n) is 3.91. The first kappa shape index (κ1) is 13.9. The average Bonchev–Trinajstić information content (AvgIpc) is 2.42. The molecule has 0 aromatic heterocycles. The van der Waals surface area contributed by atoms with Gasteiger partial charge in [0.25, 0.3) is 0 Å². The van der Waals surface area contributed by atoms with Crippen LogP contribution in [0.25, 0.3) is 0 Å². The number of benzene rings is 2. The molecule has 4 heteroatoms. The van der Waals surface area contributed by atoms with E-state index < -0.39 is 0 Å². The molecule has 2 aromatic rings. The number of ether oxygens (including phenoxy) is 1. The lowest BCUT2D eigenvalue weighted by Gasteiger charge is -2.06. The van der Waals surface area contributed by atoms with Crippen molar-refractivity contribution in [3.05, 3.63) is 63.6 Å². The Morgan fingerprint density at radius 2 is 1.79 bits per heavy atom. The van der Waals surface area contributed by atoms with Gasteiger partial charge in [-0.1, -0.05) is 23.2 Å². The number of hydrogen-bond donors (Lipinski definition) is 0. The highest BCUT2D eigenvalue weighted by Gasteiger charge is 2.13. The SMILES string of the molecule is CCOc1ccc(C(=O)c2cc(Cl)ccc2Cl)cc1. The largest absolute Gasteiger partial charge is 0.494 e. The highest BCUT2D eigenvalue weighted by molar-refractivity contribution is 6.36. The summed E-state index contributed by atoms with van der Waals surface area (Å²) in [5, 5.41) is 0.877. The Kier molecular flexibility index (Phi) is 4.46. The van der Waals surface area contributed by atoms with Gasteiger partial charge < -0.3 is 4.74 Å². The van der Waals surface area contributed by atoms with E-state index in [1.807, 2.05) is 6.92 Å². The molecule has 0 amide bonds. The Morgan fingerprint density at radius 3 is 2.42 bits per heavy atom. The van der Waals surface area contributed by atoms with Gasteiger partial charge in [0.05, 0.1) is 11.6 Å². The van der Waals surface area contributed by atoms with Gasteiger partial charge >= 0.3 is 0 Å². The molecule has 2 nitrogen and oxygen atoms in total. The van der Waals surface area contributed by atoms with Gasteiger partial charge in [-0.2, -0.15) is 0 Å². The maximum atomic E-state index is 12.3. The molecule has 0 aliphatic heterocycles. The van der Waals surface area contributed by atoms with E-state index in [1.54, 1.807) is 42.5 Å². The molecule has 0 atom stereocenters. The zero-order chi connectivity index (χ0) is 13.8. The molecule has 0 aliphatic carbocycles. The van der Waals surface area contributed by atoms with Crippen LogP contribution >= 0.6 is 23.2 Å². The third-order valence-electron chi connectivity index (χ3n) is 2.60. The number of carbonyl (C=O) groups excluding carboxylic acids is 1. The summed E-state index contributed by atoms with van der Waals surface area (Å²) in [6.07, 6.45) is 0. The second kappa shape index (κ2) is 6.09. The van der Waals surface area contributed by atoms with Crippen LogP contribution in [0.1, 0.15) is 22.8 Å². The molecular formula is C15H12Cl2O2. The lowest BCUT2D eigenvalue weighted by Crippen LogP contribution is -2.02. The van der Waals surface area contributed by atoms with Crippen LogP contribution in [0.4, 0.5) is 0 Å². The van der Waals surface area contributed by atoms with Crippen LogP contribution in [-0.4, -0.2) is 12.4 Å². The predicted molar refractivity (Wildman–Crippen MR) is 77.5 cm³/mol. The molecule has 0 heterocycles. The first-order valence-electron chi connectivity index (χ1n) is 5.84. The Morgan fingerprint density at radius 1 is 1.11 bits per heavy atom. The maximum absolute atomic E-state index is 12.3. The monoisotopic (exact) mass is 294 g/mol. The van der Waals surface area contributed by atoms with Gasteiger partial charge in [-0.15, -0.1) is 0 Å². The molecule has 19 heavy (non-hydrogen) atoms. The molecule has 2 rings (SSSR count). The van der Waals surface area contributed by atoms with Crippen LogP contribution in [0.3, 0.4) is 0 Å². The lowest BCUT2D eigenvalue weighted by atomic mass is 10.0. The highest BCUT2D eigenvalue weighted by Crippen LogP contribution is 2.24. The maximum Gasteiger partial charge on any atom is 0.194 e. The van der Waals surface area contributed by atoms with Crippen LogP contribution in [0.5, 0.6) is 5.75 Å². The van der Waals surface area contributed by atoms with Gasteiger partial charge in [0.15, 0.2) is 5.78 Å². The van der Waals surface area contributed by atoms with Gasteiger partial charge in [0.1, 0.15) is 5.75 Å². The van der Waals surface area contributed by atoms with Crippen molar-refractivity contribution in [3.63, 3.8) is 0 Å². The molecule has 0 N–H and O–H groups in total. The molecular weight excluding hydrogens is 283 g/mol. The number of rotatable bonds is 4. The second-order valence-corrected chi connectivity index (χ2v) is 4.75. The van der Waals surface area contributed by atoms with E-state index in [0.717, 1.165) is 5.75 Å². The minimum absolute atomic E-state index is 0.157. The van der Waals surface area contributed by atoms with Crippen molar-refractivity contribution >= 4 is 29.0 Å². The first-order chi connectivity index (χ1) is 9.11. The minimum atomic E-state index is -0.157. The van der Waals surface area contributed by atoms with Gasteiger partial charge in [-0.3, -0.25) is 4.79 Å². The summed E-state index contributed by atoms with van der Waals surface area (Å²) in [5.41, 5.74) is 0.950. The molecule has 0 saturated carbocycles. The van der Waals surface area contributed by atoms with Crippen molar-refractivity contribution in [1.29, 1.82) is 0 Å². The summed E-state index contributed by atoms with van der Waals surface area (Å²) < 4.78 is 5.33. The van der Waals surface area contributed by atoms with E-state index in [4.69, 9.17) is 27.9 Å². The topological polar surface area (TPSA) is 26.3 Å². The first-order valence-corrected chi connectivity index (χ1v) is 6.60. The smallest absolute Gasteiger partial charge is 0.194 e. The van der Waals surface area contributed by atoms with E-state index in [2.05, 4.69) is 0 Å². The van der Waals surface area contributed by atoms with Crippen molar-refractivity contribution in [1.82, 2.24) is 0 Å². The Balaban J connectivity index is 2.30. The van der Waals surface area contributed by atoms with E-state index in [0.29, 0.717) is 27.8 Å². The standard InChI is InChI=1S/C15H12Cl2O2/c1-2-19-12-6-3-10(4-7-12)15(18)13-9-11(16)5-8-14(13)17/h3-9H,2H2,1H3. The molecule has 0 bridgehead atoms. The van der Waals surface area contributed by atoms with Gasteiger partial charge in [-0.25, -0.2) is 0 Å². The molecule has 2 aromatic carbocycles. The van der Waals surface area contributed by atoms with Crippen LogP contribution in [0, 0.1) is 0 Å². The van der Waals surface area contributed by atoms with Gasteiger partial charge in [0.2, 0.25) is 0 Å². The van der Waals surface area contributed by atoms with Crippen molar-refractivity contribution < 1.29 is 9.53 Å². The molecule has 0 saturated heterocycles. The fourth-order valence-electron chi connectivity index (χ4n) is 1.70. The zero-order valence-electron chi connectivity index (χ0n) is 10.3. The summed E-state index contributed by atoms with van der Waals surface area (Å²) in [6.45, 7) is 2.50. The third-order valence-corrected chi connectivity index (χ3v) is 3.17. The van der Waals surface area contributed by atoms with Crippen molar-refractivity contribution in [2.75, 3.05) is 6.61 Å². The number of hydrogen-bond acceptors (Lipinski definition) is 2. The molecule has 98 valence electrons. The van der Waals surface area contributed by atoms with E-state index in [1.165, 1.54) is 0 Å². The van der Waals surface area contributed by atoms with Gasteiger partial charge in [0, 0.05) is 16.1 Å². The van der Waals surface area contributed by atoms with Gasteiger partial charge in [-0.05, 0) is 49.4 Å². The fraction of sp³-hybridized carbons (Fsp3) is 0.133. The summed E-state index contributed by atoms with van der Waals surface area (Å²) >= 11 is 11.9. The summed E-state index contributed by atoms with van der Waals surface area (Å²) in [4.78, 5) is 12.3. The number of ketones is 1.